The van der Waals surface area contributed by atoms with E-state index in [1.165, 1.54) is 11.8 Å². The highest BCUT2D eigenvalue weighted by Gasteiger charge is 2.69. The molecule has 4 rings (SSSR count). The maximum absolute atomic E-state index is 13.9. The number of nitrogens with one attached hydrogen (secondary N) is 2. The summed E-state index contributed by atoms with van der Waals surface area (Å²) in [6.07, 6.45) is -2.20. The van der Waals surface area contributed by atoms with E-state index in [0.717, 1.165) is 20.8 Å². The van der Waals surface area contributed by atoms with Crippen molar-refractivity contribution < 1.29 is 32.3 Å². The molecule has 1 aliphatic heterocycles. The van der Waals surface area contributed by atoms with Gasteiger partial charge in [0.25, 0.3) is 0 Å². The van der Waals surface area contributed by atoms with Crippen LogP contribution in [0, 0.1) is 28.6 Å². The van der Waals surface area contributed by atoms with Gasteiger partial charge in [-0.3, -0.25) is 19.4 Å². The lowest BCUT2D eigenvalue weighted by Gasteiger charge is -2.36. The van der Waals surface area contributed by atoms with Gasteiger partial charge in [0, 0.05) is 34.2 Å². The van der Waals surface area contributed by atoms with Crippen molar-refractivity contribution in [1.82, 2.24) is 20.5 Å². The monoisotopic (exact) mass is 679 g/mol. The molecule has 44 heavy (non-hydrogen) atoms. The predicted octanol–water partition coefficient (Wildman–Crippen LogP) is 4.67. The van der Waals surface area contributed by atoms with E-state index in [-0.39, 0.29) is 30.2 Å². The molecule has 0 radical (unpaired) electrons. The summed E-state index contributed by atoms with van der Waals surface area (Å²) in [5.41, 5.74) is -0.233. The molecule has 238 valence electrons. The molecular weight excluding hydrogens is 643 g/mol. The number of likely N-dealkylation sites (tertiary alicyclic amines) is 1. The molecule has 6 atom stereocenters. The molecule has 1 unspecified atom stereocenters. The molecule has 1 aromatic carbocycles. The number of aryl methyl sites for hydroxylation is 1. The zero-order valence-corrected chi connectivity index (χ0v) is 27.0. The molecule has 2 aliphatic rings. The Bertz CT molecular complexity index is 1480. The molecule has 1 aliphatic carbocycles. The lowest BCUT2D eigenvalue weighted by molar-refractivity contribution is -0.177. The number of benzene rings is 1. The second kappa shape index (κ2) is 12.3. The van der Waals surface area contributed by atoms with Gasteiger partial charge < -0.3 is 20.3 Å². The number of carbonyl (C=O) groups is 3. The van der Waals surface area contributed by atoms with E-state index < -0.39 is 53.7 Å². The van der Waals surface area contributed by atoms with Crippen LogP contribution in [0.2, 0.25) is 0 Å². The van der Waals surface area contributed by atoms with Crippen LogP contribution in [0.3, 0.4) is 0 Å². The predicted molar refractivity (Wildman–Crippen MR) is 160 cm³/mol. The van der Waals surface area contributed by atoms with Crippen LogP contribution in [0.5, 0.6) is 0 Å². The molecule has 2 fully saturated rings. The number of hydrogen-bond donors (Lipinski definition) is 2. The first-order valence-electron chi connectivity index (χ1n) is 14.4. The van der Waals surface area contributed by atoms with Crippen LogP contribution < -0.4 is 10.6 Å². The maximum Gasteiger partial charge on any atom is 0.471 e. The highest BCUT2D eigenvalue weighted by atomic mass is 79.9. The standard InChI is InChI=1S/C31H37BrF3N5O4/c1-16(44-29(2,3)4)24(39-28(43)31(33,34)35)27(42)40-15-20-23(30(20,5)6)25(40)26(41)38-19(12-36)11-10-18-14-37-13-17-8-7-9-21(32)22(17)18/h7-9,13-14,16,19-20,23-25H,10-11,15H2,1-6H3,(H,38,41)(H,39,43)/t16-,19?,20+,23+,24+,25+/m1/s1. The van der Waals surface area contributed by atoms with Crippen LogP contribution in [-0.2, 0) is 25.5 Å². The van der Waals surface area contributed by atoms with E-state index in [2.05, 4.69) is 32.3 Å². The molecule has 1 saturated heterocycles. The summed E-state index contributed by atoms with van der Waals surface area (Å²) in [5.74, 6) is -4.01. The molecule has 2 aromatic rings. The van der Waals surface area contributed by atoms with Gasteiger partial charge in [-0.1, -0.05) is 41.9 Å². The Hall–Kier alpha value is -3.24. The van der Waals surface area contributed by atoms with Gasteiger partial charge in [-0.05, 0) is 69.4 Å². The first-order chi connectivity index (χ1) is 20.4. The Kier molecular flexibility index (Phi) is 9.39. The van der Waals surface area contributed by atoms with Crippen molar-refractivity contribution in [2.75, 3.05) is 6.54 Å². The molecule has 0 spiro atoms. The van der Waals surface area contributed by atoms with Gasteiger partial charge in [0.2, 0.25) is 11.8 Å². The molecule has 3 amide bonds. The maximum atomic E-state index is 13.9. The number of nitrogens with zero attached hydrogens (tertiary/aromatic N) is 3. The number of ether oxygens (including phenoxy) is 1. The van der Waals surface area contributed by atoms with E-state index in [1.807, 2.05) is 32.0 Å². The summed E-state index contributed by atoms with van der Waals surface area (Å²) >= 11 is 3.56. The molecule has 9 nitrogen and oxygen atoms in total. The number of aromatic nitrogens is 1. The number of rotatable bonds is 9. The number of amides is 3. The SMILES string of the molecule is C[C@@H](OC(C)(C)C)[C@H](NC(=O)C(F)(F)F)C(=O)N1C[C@H]2[C@@H]([C@H]1C(=O)NC(C#N)CCc1cncc3cccc(Br)c13)C2(C)C. The fourth-order valence-electron chi connectivity index (χ4n) is 6.40. The van der Waals surface area contributed by atoms with Crippen LogP contribution in [0.15, 0.2) is 35.1 Å². The van der Waals surface area contributed by atoms with Crippen molar-refractivity contribution in [2.45, 2.75) is 90.4 Å². The highest BCUT2D eigenvalue weighted by Crippen LogP contribution is 2.65. The minimum Gasteiger partial charge on any atom is -0.370 e. The van der Waals surface area contributed by atoms with Gasteiger partial charge >= 0.3 is 12.1 Å². The van der Waals surface area contributed by atoms with Crippen molar-refractivity contribution in [3.63, 3.8) is 0 Å². The summed E-state index contributed by atoms with van der Waals surface area (Å²) in [6.45, 7) is 10.5. The first kappa shape index (κ1) is 33.6. The number of hydrogen-bond acceptors (Lipinski definition) is 6. The summed E-state index contributed by atoms with van der Waals surface area (Å²) in [5, 5.41) is 16.4. The van der Waals surface area contributed by atoms with Crippen molar-refractivity contribution in [1.29, 1.82) is 5.26 Å². The van der Waals surface area contributed by atoms with Crippen LogP contribution >= 0.6 is 15.9 Å². The van der Waals surface area contributed by atoms with E-state index in [0.29, 0.717) is 6.42 Å². The fraction of sp³-hybridized carbons (Fsp3) is 0.581. The Balaban J connectivity index is 1.54. The molecule has 1 saturated carbocycles. The third kappa shape index (κ3) is 7.01. The molecule has 1 aromatic heterocycles. The van der Waals surface area contributed by atoms with Gasteiger partial charge in [-0.15, -0.1) is 0 Å². The summed E-state index contributed by atoms with van der Waals surface area (Å²) in [4.78, 5) is 45.1. The minimum absolute atomic E-state index is 0.0698. The third-order valence-corrected chi connectivity index (χ3v) is 9.23. The number of piperidine rings is 1. The number of fused-ring (bicyclic) bond motifs is 2. The van der Waals surface area contributed by atoms with Crippen LogP contribution in [0.25, 0.3) is 10.8 Å². The van der Waals surface area contributed by atoms with E-state index >= 15 is 0 Å². The van der Waals surface area contributed by atoms with Crippen LogP contribution in [0.1, 0.15) is 53.5 Å². The highest BCUT2D eigenvalue weighted by molar-refractivity contribution is 9.10. The average molecular weight is 681 g/mol. The molecular formula is C31H37BrF3N5O4. The molecule has 13 heteroatoms. The summed E-state index contributed by atoms with van der Waals surface area (Å²) in [7, 11) is 0. The Morgan fingerprint density at radius 2 is 1.89 bits per heavy atom. The summed E-state index contributed by atoms with van der Waals surface area (Å²) in [6, 6.07) is 4.23. The number of alkyl halides is 3. The number of pyridine rings is 1. The number of halogens is 4. The third-order valence-electron chi connectivity index (χ3n) is 8.56. The zero-order valence-electron chi connectivity index (χ0n) is 25.5. The second-order valence-corrected chi connectivity index (χ2v) is 14.0. The van der Waals surface area contributed by atoms with Crippen molar-refractivity contribution in [3.05, 3.63) is 40.6 Å². The quantitative estimate of drug-likeness (QED) is 0.397. The van der Waals surface area contributed by atoms with E-state index in [9.17, 15) is 32.8 Å². The van der Waals surface area contributed by atoms with Gasteiger partial charge in [-0.2, -0.15) is 18.4 Å². The number of nitriles is 1. The fourth-order valence-corrected chi connectivity index (χ4v) is 7.03. The summed E-state index contributed by atoms with van der Waals surface area (Å²) < 4.78 is 46.4. The molecule has 2 N–H and O–H groups in total. The second-order valence-electron chi connectivity index (χ2n) is 13.1. The normalized spacial score (nSPS) is 22.8. The van der Waals surface area contributed by atoms with Crippen molar-refractivity contribution in [3.8, 4) is 6.07 Å². The molecule has 0 bridgehead atoms. The van der Waals surface area contributed by atoms with Gasteiger partial charge in [0.05, 0.1) is 17.8 Å². The van der Waals surface area contributed by atoms with Gasteiger partial charge in [0.15, 0.2) is 0 Å². The van der Waals surface area contributed by atoms with Crippen molar-refractivity contribution >= 4 is 44.4 Å². The van der Waals surface area contributed by atoms with Crippen LogP contribution in [-0.4, -0.2) is 70.2 Å². The Morgan fingerprint density at radius 3 is 2.50 bits per heavy atom. The van der Waals surface area contributed by atoms with E-state index in [1.54, 1.807) is 38.5 Å². The van der Waals surface area contributed by atoms with Crippen molar-refractivity contribution in [2.24, 2.45) is 17.3 Å². The van der Waals surface area contributed by atoms with Gasteiger partial charge in [-0.25, -0.2) is 0 Å². The number of carbonyl (C=O) groups excluding carboxylic acids is 3. The van der Waals surface area contributed by atoms with Crippen LogP contribution in [0.4, 0.5) is 13.2 Å². The van der Waals surface area contributed by atoms with Gasteiger partial charge in [0.1, 0.15) is 18.1 Å². The zero-order chi connectivity index (χ0) is 32.8. The lowest BCUT2D eigenvalue weighted by atomic mass is 9.98. The lowest BCUT2D eigenvalue weighted by Crippen LogP contribution is -2.61. The average Bonchev–Trinajstić information content (AvgIpc) is 3.24. The minimum atomic E-state index is -5.22. The van der Waals surface area contributed by atoms with E-state index in [4.69, 9.17) is 4.74 Å². The molecule has 2 heterocycles. The Labute approximate surface area is 263 Å². The topological polar surface area (TPSA) is 124 Å². The smallest absolute Gasteiger partial charge is 0.370 e. The first-order valence-corrected chi connectivity index (χ1v) is 15.2. The largest absolute Gasteiger partial charge is 0.471 e. The Morgan fingerprint density at radius 1 is 1.20 bits per heavy atom.